The molecule has 252 valence electrons. The van der Waals surface area contributed by atoms with Crippen LogP contribution < -0.4 is 24.3 Å². The van der Waals surface area contributed by atoms with Gasteiger partial charge in [-0.25, -0.2) is 9.59 Å². The fourth-order valence-electron chi connectivity index (χ4n) is 3.85. The van der Waals surface area contributed by atoms with Crippen LogP contribution in [0.2, 0.25) is 10.0 Å². The van der Waals surface area contributed by atoms with Crippen molar-refractivity contribution in [2.45, 2.75) is 6.54 Å². The number of nitrogens with one attached hydrogen (secondary N) is 1. The number of benzene rings is 4. The minimum atomic E-state index is -1.26. The molecule has 0 atom stereocenters. The second-order valence-electron chi connectivity index (χ2n) is 9.19. The molecule has 0 spiro atoms. The lowest BCUT2D eigenvalue weighted by Crippen LogP contribution is -2.07. The van der Waals surface area contributed by atoms with E-state index in [4.69, 9.17) is 62.9 Å². The van der Waals surface area contributed by atoms with Crippen molar-refractivity contribution in [3.63, 3.8) is 0 Å². The zero-order chi connectivity index (χ0) is 36.3. The monoisotopic (exact) mass is 705 g/mol. The first kappa shape index (κ1) is 39.1. The molecular weight excluding hydrogens is 677 g/mol. The average molecular weight is 707 g/mol. The molecule has 0 bridgehead atoms. The number of nitrogens with zero attached hydrogens (tertiary/aromatic N) is 2. The number of carbonyl (C=O) groups is 3. The Bertz CT molecular complexity index is 1880. The van der Waals surface area contributed by atoms with Crippen LogP contribution in [0.5, 0.6) is 34.5 Å². The van der Waals surface area contributed by atoms with Gasteiger partial charge in [-0.2, -0.15) is 10.5 Å². The summed E-state index contributed by atoms with van der Waals surface area (Å²) in [5, 5.41) is 37.8. The maximum atomic E-state index is 11.0. The van der Waals surface area contributed by atoms with Gasteiger partial charge in [0.2, 0.25) is 0 Å². The lowest BCUT2D eigenvalue weighted by atomic mass is 10.1. The van der Waals surface area contributed by atoms with Crippen molar-refractivity contribution >= 4 is 41.4 Å². The zero-order valence-electron chi connectivity index (χ0n) is 26.3. The van der Waals surface area contributed by atoms with Crippen molar-refractivity contribution in [3.8, 4) is 46.6 Å². The van der Waals surface area contributed by atoms with Gasteiger partial charge >= 0.3 is 11.9 Å². The van der Waals surface area contributed by atoms with Crippen LogP contribution >= 0.6 is 23.2 Å². The Labute approximate surface area is 291 Å². The van der Waals surface area contributed by atoms with Crippen LogP contribution in [0.1, 0.15) is 27.0 Å². The van der Waals surface area contributed by atoms with Crippen molar-refractivity contribution in [2.24, 2.45) is 0 Å². The molecule has 0 aliphatic rings. The summed E-state index contributed by atoms with van der Waals surface area (Å²) in [6.45, 7) is 0.654. The van der Waals surface area contributed by atoms with Gasteiger partial charge in [0.25, 0.3) is 0 Å². The van der Waals surface area contributed by atoms with Gasteiger partial charge in [0, 0.05) is 46.4 Å². The summed E-state index contributed by atoms with van der Waals surface area (Å²) >= 11 is 11.9. The van der Waals surface area contributed by atoms with E-state index in [1.165, 1.54) is 13.2 Å². The van der Waals surface area contributed by atoms with E-state index in [1.54, 1.807) is 61.7 Å². The number of hydrogen-bond acceptors (Lipinski definition) is 10. The van der Waals surface area contributed by atoms with Crippen LogP contribution in [0.15, 0.2) is 84.9 Å². The first-order valence-corrected chi connectivity index (χ1v) is 14.6. The first-order chi connectivity index (χ1) is 23.5. The number of methoxy groups -OCH3 is 2. The number of carboxylic acid groups (broad SMARTS) is 2. The minimum absolute atomic E-state index is 0.307. The standard InChI is InChI=1S/C16H15ClN2O2.C15H10ClNO3.C4H4O4/c1-19-10-12-4-3-5-14(16(12)20-2)21-15-8-13(17)7-6-11(15)9-18;1-19-15-11(9-18)3-2-4-13(15)20-14-7-12(16)6-5-10(14)8-17;5-3(6)1-2-4(7)8/h3-8,19H,10H2,1-2H3;2-7,9H,1H3;1-2H,(H,5,6)(H,7,8). The molecule has 0 heterocycles. The molecule has 4 aromatic carbocycles. The highest BCUT2D eigenvalue weighted by Crippen LogP contribution is 2.37. The topological polar surface area (TPSA) is 188 Å². The Morgan fingerprint density at radius 3 is 1.63 bits per heavy atom. The van der Waals surface area contributed by atoms with Crippen LogP contribution in [0.4, 0.5) is 0 Å². The van der Waals surface area contributed by atoms with E-state index in [0.717, 1.165) is 5.56 Å². The van der Waals surface area contributed by atoms with Gasteiger partial charge in [0.1, 0.15) is 23.6 Å². The molecule has 0 aliphatic carbocycles. The number of nitriles is 2. The van der Waals surface area contributed by atoms with Crippen molar-refractivity contribution in [2.75, 3.05) is 21.3 Å². The van der Waals surface area contributed by atoms with Gasteiger partial charge in [-0.1, -0.05) is 41.4 Å². The van der Waals surface area contributed by atoms with E-state index < -0.39 is 11.9 Å². The van der Waals surface area contributed by atoms with E-state index in [1.807, 2.05) is 25.2 Å². The quantitative estimate of drug-likeness (QED) is 0.105. The maximum absolute atomic E-state index is 11.0. The largest absolute Gasteiger partial charge is 0.492 e. The molecule has 14 heteroatoms. The molecule has 0 radical (unpaired) electrons. The Kier molecular flexibility index (Phi) is 16.2. The molecule has 49 heavy (non-hydrogen) atoms. The van der Waals surface area contributed by atoms with Crippen LogP contribution in [0.25, 0.3) is 0 Å². The van der Waals surface area contributed by atoms with Gasteiger partial charge in [-0.05, 0) is 49.5 Å². The van der Waals surface area contributed by atoms with Gasteiger partial charge in [-0.3, -0.25) is 4.79 Å². The van der Waals surface area contributed by atoms with Crippen molar-refractivity contribution < 1.29 is 43.5 Å². The molecule has 0 saturated carbocycles. The number of aldehydes is 1. The molecule has 0 aliphatic heterocycles. The van der Waals surface area contributed by atoms with Crippen molar-refractivity contribution in [1.82, 2.24) is 5.32 Å². The van der Waals surface area contributed by atoms with Crippen molar-refractivity contribution in [3.05, 3.63) is 117 Å². The van der Waals surface area contributed by atoms with E-state index in [0.29, 0.717) is 86.2 Å². The molecule has 4 aromatic rings. The van der Waals surface area contributed by atoms with Crippen LogP contribution in [0, 0.1) is 22.7 Å². The van der Waals surface area contributed by atoms with Gasteiger partial charge < -0.3 is 34.5 Å². The number of halogens is 2. The number of aliphatic carboxylic acids is 2. The highest BCUT2D eigenvalue weighted by Gasteiger charge is 2.14. The van der Waals surface area contributed by atoms with Crippen molar-refractivity contribution in [1.29, 1.82) is 10.5 Å². The van der Waals surface area contributed by atoms with Crippen LogP contribution in [-0.2, 0) is 16.1 Å². The Morgan fingerprint density at radius 1 is 0.755 bits per heavy atom. The summed E-state index contributed by atoms with van der Waals surface area (Å²) in [5.41, 5.74) is 2.09. The Balaban J connectivity index is 0.000000280. The summed E-state index contributed by atoms with van der Waals surface area (Å²) in [6.07, 6.45) is 1.79. The molecule has 0 aromatic heterocycles. The van der Waals surface area contributed by atoms with Gasteiger partial charge in [0.05, 0.1) is 30.9 Å². The second-order valence-corrected chi connectivity index (χ2v) is 10.1. The predicted molar refractivity (Wildman–Crippen MR) is 181 cm³/mol. The highest BCUT2D eigenvalue weighted by molar-refractivity contribution is 6.31. The SMILES string of the molecule is CNCc1cccc(Oc2cc(Cl)ccc2C#N)c1OC.COc1c(C=O)cccc1Oc1cc(Cl)ccc1C#N.O=C(O)C=CC(=O)O. The smallest absolute Gasteiger partial charge is 0.328 e. The highest BCUT2D eigenvalue weighted by atomic mass is 35.5. The molecular formula is C35H29Cl2N3O9. The summed E-state index contributed by atoms with van der Waals surface area (Å²) in [5.74, 6) is 0.0352. The summed E-state index contributed by atoms with van der Waals surface area (Å²) in [4.78, 5) is 30.1. The Hall–Kier alpha value is -6.05. The third-order valence-electron chi connectivity index (χ3n) is 5.91. The number of ether oxygens (including phenoxy) is 4. The summed E-state index contributed by atoms with van der Waals surface area (Å²) < 4.78 is 22.1. The molecule has 0 saturated heterocycles. The second kappa shape index (κ2) is 20.2. The minimum Gasteiger partial charge on any atom is -0.492 e. The van der Waals surface area contributed by atoms with E-state index in [-0.39, 0.29) is 0 Å². The third-order valence-corrected chi connectivity index (χ3v) is 6.38. The molecule has 12 nitrogen and oxygen atoms in total. The fraction of sp³-hybridized carbons (Fsp3) is 0.114. The molecule has 0 fully saturated rings. The fourth-order valence-corrected chi connectivity index (χ4v) is 4.18. The number of hydrogen-bond donors (Lipinski definition) is 3. The molecule has 0 amide bonds. The summed E-state index contributed by atoms with van der Waals surface area (Å²) in [6, 6.07) is 24.2. The van der Waals surface area contributed by atoms with Gasteiger partial charge in [0.15, 0.2) is 29.3 Å². The zero-order valence-corrected chi connectivity index (χ0v) is 27.8. The summed E-state index contributed by atoms with van der Waals surface area (Å²) in [7, 11) is 4.89. The third kappa shape index (κ3) is 12.2. The maximum Gasteiger partial charge on any atom is 0.328 e. The molecule has 0 unspecified atom stereocenters. The lowest BCUT2D eigenvalue weighted by molar-refractivity contribution is -0.134. The number of rotatable bonds is 11. The van der Waals surface area contributed by atoms with Crippen LogP contribution in [0.3, 0.4) is 0 Å². The van der Waals surface area contributed by atoms with E-state index >= 15 is 0 Å². The van der Waals surface area contributed by atoms with E-state index in [9.17, 15) is 14.4 Å². The predicted octanol–water partition coefficient (Wildman–Crippen LogP) is 7.27. The number of para-hydroxylation sites is 2. The van der Waals surface area contributed by atoms with Crippen LogP contribution in [-0.4, -0.2) is 49.7 Å². The number of carbonyl (C=O) groups excluding carboxylic acids is 1. The lowest BCUT2D eigenvalue weighted by Gasteiger charge is -2.14. The average Bonchev–Trinajstić information content (AvgIpc) is 3.08. The first-order valence-electron chi connectivity index (χ1n) is 13.8. The normalized spacial score (nSPS) is 9.78. The van der Waals surface area contributed by atoms with E-state index in [2.05, 4.69) is 11.4 Å². The molecule has 3 N–H and O–H groups in total. The van der Waals surface area contributed by atoms with Gasteiger partial charge in [-0.15, -0.1) is 0 Å². The number of carboxylic acids is 2. The molecule has 4 rings (SSSR count). The Morgan fingerprint density at radius 2 is 1.22 bits per heavy atom.